The van der Waals surface area contributed by atoms with E-state index in [2.05, 4.69) is 6.92 Å². The Morgan fingerprint density at radius 1 is 0.483 bits per heavy atom. The van der Waals surface area contributed by atoms with Crippen molar-refractivity contribution in [2.45, 2.75) is 84.5 Å². The van der Waals surface area contributed by atoms with E-state index >= 15 is 0 Å². The molecule has 0 bridgehead atoms. The van der Waals surface area contributed by atoms with Gasteiger partial charge in [0.05, 0.1) is 46.2 Å². The molecule has 0 saturated heterocycles. The molecule has 0 spiro atoms. The van der Waals surface area contributed by atoms with Gasteiger partial charge < -0.3 is 23.7 Å². The first-order valence-electron chi connectivity index (χ1n) is 11.8. The van der Waals surface area contributed by atoms with Crippen LogP contribution in [-0.2, 0) is 28.5 Å². The number of hydrogen-bond donors (Lipinski definition) is 0. The Labute approximate surface area is 178 Å². The number of carbonyl (C=O) groups is 1. The second kappa shape index (κ2) is 25.3. The van der Waals surface area contributed by atoms with E-state index in [1.54, 1.807) is 0 Å². The molecule has 0 aromatic rings. The number of hydrogen-bond acceptors (Lipinski definition) is 6. The van der Waals surface area contributed by atoms with Crippen molar-refractivity contribution in [3.05, 3.63) is 0 Å². The molecule has 0 aromatic carbocycles. The first kappa shape index (κ1) is 28.3. The summed E-state index contributed by atoms with van der Waals surface area (Å²) in [4.78, 5) is 11.3. The quantitative estimate of drug-likeness (QED) is 0.164. The van der Waals surface area contributed by atoms with Gasteiger partial charge in [0.2, 0.25) is 0 Å². The summed E-state index contributed by atoms with van der Waals surface area (Å²) >= 11 is 0. The second-order valence-corrected chi connectivity index (χ2v) is 7.25. The van der Waals surface area contributed by atoms with Crippen LogP contribution in [0.25, 0.3) is 0 Å². The summed E-state index contributed by atoms with van der Waals surface area (Å²) in [5, 5.41) is 0. The predicted molar refractivity (Wildman–Crippen MR) is 116 cm³/mol. The average Bonchev–Trinajstić information content (AvgIpc) is 2.73. The van der Waals surface area contributed by atoms with Crippen molar-refractivity contribution in [1.29, 1.82) is 0 Å². The molecule has 0 rings (SSSR count). The van der Waals surface area contributed by atoms with Crippen molar-refractivity contribution in [3.63, 3.8) is 0 Å². The number of esters is 1. The minimum atomic E-state index is -0.148. The molecule has 0 radical (unpaired) electrons. The standard InChI is InChI=1S/C23H46O6/c1-3-5-6-7-8-9-10-11-15-25-17-19-27-21-22-28-20-18-26-16-12-13-23(24)29-14-4-2/h3-22H2,1-2H3. The summed E-state index contributed by atoms with van der Waals surface area (Å²) in [6.45, 7) is 9.60. The zero-order valence-electron chi connectivity index (χ0n) is 19.1. The van der Waals surface area contributed by atoms with Crippen LogP contribution in [0.4, 0.5) is 0 Å². The zero-order chi connectivity index (χ0) is 21.3. The maximum atomic E-state index is 11.3. The van der Waals surface area contributed by atoms with E-state index in [-0.39, 0.29) is 5.97 Å². The molecule has 0 fully saturated rings. The highest BCUT2D eigenvalue weighted by Gasteiger charge is 2.01. The third-order valence-electron chi connectivity index (χ3n) is 4.40. The molecule has 0 aliphatic carbocycles. The van der Waals surface area contributed by atoms with Crippen LogP contribution in [0, 0.1) is 0 Å². The van der Waals surface area contributed by atoms with E-state index in [4.69, 9.17) is 23.7 Å². The highest BCUT2D eigenvalue weighted by molar-refractivity contribution is 5.69. The molecule has 0 aromatic heterocycles. The smallest absolute Gasteiger partial charge is 0.305 e. The fourth-order valence-corrected chi connectivity index (χ4v) is 2.71. The van der Waals surface area contributed by atoms with Gasteiger partial charge in [-0.3, -0.25) is 4.79 Å². The summed E-state index contributed by atoms with van der Waals surface area (Å²) in [6.07, 6.45) is 12.5. The molecular formula is C23H46O6. The maximum Gasteiger partial charge on any atom is 0.305 e. The lowest BCUT2D eigenvalue weighted by Gasteiger charge is -2.08. The Bertz CT molecular complexity index is 324. The normalized spacial score (nSPS) is 11.1. The van der Waals surface area contributed by atoms with E-state index in [1.165, 1.54) is 44.9 Å². The molecule has 0 heterocycles. The van der Waals surface area contributed by atoms with E-state index < -0.39 is 0 Å². The molecule has 6 heteroatoms. The maximum absolute atomic E-state index is 11.3. The van der Waals surface area contributed by atoms with E-state index in [0.717, 1.165) is 19.4 Å². The van der Waals surface area contributed by atoms with Crippen LogP contribution in [-0.4, -0.2) is 65.4 Å². The molecule has 0 aliphatic heterocycles. The lowest BCUT2D eigenvalue weighted by Crippen LogP contribution is -2.12. The van der Waals surface area contributed by atoms with Crippen molar-refractivity contribution in [3.8, 4) is 0 Å². The zero-order valence-corrected chi connectivity index (χ0v) is 19.1. The molecule has 0 unspecified atom stereocenters. The number of unbranched alkanes of at least 4 members (excludes halogenated alkanes) is 7. The van der Waals surface area contributed by atoms with Crippen molar-refractivity contribution in [2.24, 2.45) is 0 Å². The first-order valence-corrected chi connectivity index (χ1v) is 11.8. The molecule has 0 amide bonds. The van der Waals surface area contributed by atoms with Gasteiger partial charge in [0.15, 0.2) is 0 Å². The van der Waals surface area contributed by atoms with Crippen molar-refractivity contribution >= 4 is 5.97 Å². The fourth-order valence-electron chi connectivity index (χ4n) is 2.71. The van der Waals surface area contributed by atoms with Gasteiger partial charge in [-0.05, 0) is 19.3 Å². The molecule has 0 saturated carbocycles. The van der Waals surface area contributed by atoms with Crippen LogP contribution in [0.5, 0.6) is 0 Å². The Hall–Kier alpha value is -0.690. The minimum Gasteiger partial charge on any atom is -0.466 e. The summed E-state index contributed by atoms with van der Waals surface area (Å²) < 4.78 is 26.9. The fraction of sp³-hybridized carbons (Fsp3) is 0.957. The Kier molecular flexibility index (Phi) is 24.7. The van der Waals surface area contributed by atoms with Crippen LogP contribution in [0.2, 0.25) is 0 Å². The van der Waals surface area contributed by atoms with Gasteiger partial charge in [-0.25, -0.2) is 0 Å². The van der Waals surface area contributed by atoms with Crippen LogP contribution in [0.1, 0.15) is 84.5 Å². The number of rotatable bonds is 24. The van der Waals surface area contributed by atoms with Crippen molar-refractivity contribution < 1.29 is 28.5 Å². The average molecular weight is 419 g/mol. The third-order valence-corrected chi connectivity index (χ3v) is 4.40. The minimum absolute atomic E-state index is 0.148. The van der Waals surface area contributed by atoms with Gasteiger partial charge in [-0.15, -0.1) is 0 Å². The van der Waals surface area contributed by atoms with Gasteiger partial charge in [0.25, 0.3) is 0 Å². The van der Waals surface area contributed by atoms with E-state index in [1.807, 2.05) is 6.92 Å². The highest BCUT2D eigenvalue weighted by atomic mass is 16.6. The molecule has 174 valence electrons. The summed E-state index contributed by atoms with van der Waals surface area (Å²) in [5.41, 5.74) is 0. The molecule has 0 aliphatic rings. The first-order chi connectivity index (χ1) is 14.3. The van der Waals surface area contributed by atoms with E-state index in [9.17, 15) is 4.79 Å². The van der Waals surface area contributed by atoms with Gasteiger partial charge in [0, 0.05) is 19.6 Å². The van der Waals surface area contributed by atoms with Gasteiger partial charge in [-0.1, -0.05) is 58.8 Å². The molecule has 0 N–H and O–H groups in total. The topological polar surface area (TPSA) is 63.2 Å². The predicted octanol–water partition coefficient (Wildman–Crippen LogP) is 4.93. The lowest BCUT2D eigenvalue weighted by atomic mass is 10.1. The van der Waals surface area contributed by atoms with Gasteiger partial charge in [0.1, 0.15) is 0 Å². The lowest BCUT2D eigenvalue weighted by molar-refractivity contribution is -0.144. The van der Waals surface area contributed by atoms with Gasteiger partial charge in [-0.2, -0.15) is 0 Å². The largest absolute Gasteiger partial charge is 0.466 e. The van der Waals surface area contributed by atoms with E-state index in [0.29, 0.717) is 65.7 Å². The Morgan fingerprint density at radius 3 is 1.45 bits per heavy atom. The molecule has 29 heavy (non-hydrogen) atoms. The number of ether oxygens (including phenoxy) is 5. The van der Waals surface area contributed by atoms with Crippen LogP contribution >= 0.6 is 0 Å². The monoisotopic (exact) mass is 418 g/mol. The van der Waals surface area contributed by atoms with Crippen LogP contribution < -0.4 is 0 Å². The van der Waals surface area contributed by atoms with Crippen molar-refractivity contribution in [1.82, 2.24) is 0 Å². The summed E-state index contributed by atoms with van der Waals surface area (Å²) in [6, 6.07) is 0. The SMILES string of the molecule is CCCCCCCCCCOCCOCCOCCOCCCC(=O)OCCC. The van der Waals surface area contributed by atoms with Gasteiger partial charge >= 0.3 is 5.97 Å². The molecular weight excluding hydrogens is 372 g/mol. The second-order valence-electron chi connectivity index (χ2n) is 7.25. The molecule has 0 atom stereocenters. The summed E-state index contributed by atoms with van der Waals surface area (Å²) in [7, 11) is 0. The highest BCUT2D eigenvalue weighted by Crippen LogP contribution is 2.08. The van der Waals surface area contributed by atoms with Crippen LogP contribution in [0.15, 0.2) is 0 Å². The number of carbonyl (C=O) groups excluding carboxylic acids is 1. The van der Waals surface area contributed by atoms with Crippen LogP contribution in [0.3, 0.4) is 0 Å². The third kappa shape index (κ3) is 25.3. The Morgan fingerprint density at radius 2 is 0.931 bits per heavy atom. The van der Waals surface area contributed by atoms with Crippen molar-refractivity contribution in [2.75, 3.05) is 59.5 Å². The Balaban J connectivity index is 3.04. The summed E-state index contributed by atoms with van der Waals surface area (Å²) in [5.74, 6) is -0.148. The molecule has 6 nitrogen and oxygen atoms in total.